The SMILES string of the molecule is CCCC[C@H](NC(=O)Cc1csc(N2CCCC2=O)n1)C(=O)O. The zero-order chi connectivity index (χ0) is 16.8. The Morgan fingerprint density at radius 1 is 1.52 bits per heavy atom. The van der Waals surface area contributed by atoms with E-state index in [1.807, 2.05) is 6.92 Å². The van der Waals surface area contributed by atoms with Gasteiger partial charge in [-0.1, -0.05) is 19.8 Å². The number of carbonyl (C=O) groups is 3. The second kappa shape index (κ2) is 8.05. The van der Waals surface area contributed by atoms with Crippen LogP contribution < -0.4 is 10.2 Å². The molecule has 0 radical (unpaired) electrons. The van der Waals surface area contributed by atoms with E-state index in [2.05, 4.69) is 10.3 Å². The van der Waals surface area contributed by atoms with Crippen LogP contribution in [-0.2, 0) is 20.8 Å². The van der Waals surface area contributed by atoms with E-state index in [9.17, 15) is 14.4 Å². The Kier molecular flexibility index (Phi) is 6.09. The lowest BCUT2D eigenvalue weighted by atomic mass is 10.1. The number of aliphatic carboxylic acids is 1. The lowest BCUT2D eigenvalue weighted by Gasteiger charge is -2.13. The van der Waals surface area contributed by atoms with E-state index >= 15 is 0 Å². The average molecular weight is 339 g/mol. The Bertz CT molecular complexity index is 587. The largest absolute Gasteiger partial charge is 0.480 e. The number of carboxylic acids is 1. The number of carbonyl (C=O) groups excluding carboxylic acids is 2. The molecule has 1 atom stereocenters. The molecule has 0 aliphatic carbocycles. The van der Waals surface area contributed by atoms with Gasteiger partial charge in [-0.3, -0.25) is 14.5 Å². The number of hydrogen-bond acceptors (Lipinski definition) is 5. The third-order valence-corrected chi connectivity index (χ3v) is 4.58. The molecule has 0 saturated carbocycles. The minimum atomic E-state index is -1.02. The molecule has 1 saturated heterocycles. The fourth-order valence-corrected chi connectivity index (χ4v) is 3.30. The molecular formula is C15H21N3O4S. The van der Waals surface area contributed by atoms with Crippen molar-refractivity contribution in [2.45, 2.75) is 51.5 Å². The molecule has 2 rings (SSSR count). The Balaban J connectivity index is 1.91. The van der Waals surface area contributed by atoms with Crippen molar-refractivity contribution in [3.8, 4) is 0 Å². The van der Waals surface area contributed by atoms with Crippen molar-refractivity contribution < 1.29 is 19.5 Å². The van der Waals surface area contributed by atoms with E-state index in [-0.39, 0.29) is 18.2 Å². The number of unbranched alkanes of at least 4 members (excludes halogenated alkanes) is 1. The van der Waals surface area contributed by atoms with Gasteiger partial charge in [0.2, 0.25) is 11.8 Å². The Labute approximate surface area is 138 Å². The van der Waals surface area contributed by atoms with Crippen molar-refractivity contribution in [2.24, 2.45) is 0 Å². The maximum absolute atomic E-state index is 12.0. The molecular weight excluding hydrogens is 318 g/mol. The van der Waals surface area contributed by atoms with Crippen LogP contribution >= 0.6 is 11.3 Å². The van der Waals surface area contributed by atoms with Crippen LogP contribution in [0.2, 0.25) is 0 Å². The first-order valence-corrected chi connectivity index (χ1v) is 8.66. The van der Waals surface area contributed by atoms with Crippen molar-refractivity contribution in [3.63, 3.8) is 0 Å². The normalized spacial score (nSPS) is 15.7. The number of carboxylic acid groups (broad SMARTS) is 1. The molecule has 1 aromatic heterocycles. The molecule has 126 valence electrons. The lowest BCUT2D eigenvalue weighted by Crippen LogP contribution is -2.41. The zero-order valence-corrected chi connectivity index (χ0v) is 13.9. The monoisotopic (exact) mass is 339 g/mol. The smallest absolute Gasteiger partial charge is 0.326 e. The van der Waals surface area contributed by atoms with E-state index in [0.717, 1.165) is 19.3 Å². The summed E-state index contributed by atoms with van der Waals surface area (Å²) in [5, 5.41) is 14.0. The molecule has 1 fully saturated rings. The number of rotatable bonds is 8. The molecule has 2 N–H and O–H groups in total. The van der Waals surface area contributed by atoms with Crippen molar-refractivity contribution >= 4 is 34.3 Å². The quantitative estimate of drug-likeness (QED) is 0.749. The first-order valence-electron chi connectivity index (χ1n) is 7.78. The number of hydrogen-bond donors (Lipinski definition) is 2. The van der Waals surface area contributed by atoms with Crippen LogP contribution in [0, 0.1) is 0 Å². The van der Waals surface area contributed by atoms with Gasteiger partial charge in [-0.15, -0.1) is 11.3 Å². The van der Waals surface area contributed by atoms with E-state index < -0.39 is 12.0 Å². The summed E-state index contributed by atoms with van der Waals surface area (Å²) < 4.78 is 0. The number of nitrogens with zero attached hydrogens (tertiary/aromatic N) is 2. The van der Waals surface area contributed by atoms with Crippen LogP contribution in [0.1, 0.15) is 44.7 Å². The molecule has 8 heteroatoms. The fourth-order valence-electron chi connectivity index (χ4n) is 2.43. The van der Waals surface area contributed by atoms with Gasteiger partial charge in [-0.05, 0) is 12.8 Å². The maximum Gasteiger partial charge on any atom is 0.326 e. The number of nitrogens with one attached hydrogen (secondary N) is 1. The molecule has 0 aromatic carbocycles. The summed E-state index contributed by atoms with van der Waals surface area (Å²) >= 11 is 1.33. The van der Waals surface area contributed by atoms with Gasteiger partial charge in [0, 0.05) is 18.3 Å². The summed E-state index contributed by atoms with van der Waals surface area (Å²) in [6.45, 7) is 2.63. The molecule has 0 spiro atoms. The van der Waals surface area contributed by atoms with Gasteiger partial charge in [0.15, 0.2) is 5.13 Å². The molecule has 2 amide bonds. The van der Waals surface area contributed by atoms with Crippen LogP contribution in [0.15, 0.2) is 5.38 Å². The Morgan fingerprint density at radius 2 is 2.30 bits per heavy atom. The van der Waals surface area contributed by atoms with Crippen LogP contribution in [-0.4, -0.2) is 40.5 Å². The van der Waals surface area contributed by atoms with Crippen molar-refractivity contribution in [1.29, 1.82) is 0 Å². The van der Waals surface area contributed by atoms with Crippen molar-refractivity contribution in [3.05, 3.63) is 11.1 Å². The average Bonchev–Trinajstić information content (AvgIpc) is 3.11. The fraction of sp³-hybridized carbons (Fsp3) is 0.600. The molecule has 23 heavy (non-hydrogen) atoms. The highest BCUT2D eigenvalue weighted by molar-refractivity contribution is 7.14. The van der Waals surface area contributed by atoms with Crippen molar-refractivity contribution in [1.82, 2.24) is 10.3 Å². The van der Waals surface area contributed by atoms with Gasteiger partial charge in [0.25, 0.3) is 0 Å². The van der Waals surface area contributed by atoms with Crippen LogP contribution in [0.25, 0.3) is 0 Å². The van der Waals surface area contributed by atoms with Crippen molar-refractivity contribution in [2.75, 3.05) is 11.4 Å². The summed E-state index contributed by atoms with van der Waals surface area (Å²) in [6, 6.07) is -0.860. The minimum absolute atomic E-state index is 0.0223. The highest BCUT2D eigenvalue weighted by atomic mass is 32.1. The third-order valence-electron chi connectivity index (χ3n) is 3.67. The topological polar surface area (TPSA) is 99.6 Å². The Hall–Kier alpha value is -1.96. The molecule has 1 aliphatic rings. The summed E-state index contributed by atoms with van der Waals surface area (Å²) in [5.41, 5.74) is 0.557. The van der Waals surface area contributed by atoms with Gasteiger partial charge < -0.3 is 10.4 Å². The molecule has 1 aliphatic heterocycles. The molecule has 0 bridgehead atoms. The first-order chi connectivity index (χ1) is 11.0. The van der Waals surface area contributed by atoms with Gasteiger partial charge in [-0.2, -0.15) is 0 Å². The van der Waals surface area contributed by atoms with E-state index in [4.69, 9.17) is 5.11 Å². The summed E-state index contributed by atoms with van der Waals surface area (Å²) in [5.74, 6) is -1.33. The van der Waals surface area contributed by atoms with Gasteiger partial charge in [0.05, 0.1) is 12.1 Å². The van der Waals surface area contributed by atoms with Crippen LogP contribution in [0.3, 0.4) is 0 Å². The van der Waals surface area contributed by atoms with Gasteiger partial charge >= 0.3 is 5.97 Å². The number of amides is 2. The van der Waals surface area contributed by atoms with E-state index in [1.165, 1.54) is 11.3 Å². The predicted molar refractivity (Wildman–Crippen MR) is 86.5 cm³/mol. The summed E-state index contributed by atoms with van der Waals surface area (Å²) in [7, 11) is 0. The zero-order valence-electron chi connectivity index (χ0n) is 13.1. The lowest BCUT2D eigenvalue weighted by molar-refractivity contribution is -0.142. The minimum Gasteiger partial charge on any atom is -0.480 e. The van der Waals surface area contributed by atoms with Crippen LogP contribution in [0.4, 0.5) is 5.13 Å². The number of thiazole rings is 1. The second-order valence-electron chi connectivity index (χ2n) is 5.55. The summed E-state index contributed by atoms with van der Waals surface area (Å²) in [4.78, 5) is 40.7. The maximum atomic E-state index is 12.0. The Morgan fingerprint density at radius 3 is 2.91 bits per heavy atom. The van der Waals surface area contributed by atoms with E-state index in [1.54, 1.807) is 10.3 Å². The second-order valence-corrected chi connectivity index (χ2v) is 6.38. The third kappa shape index (κ3) is 4.75. The van der Waals surface area contributed by atoms with Crippen LogP contribution in [0.5, 0.6) is 0 Å². The standard InChI is InChI=1S/C15H21N3O4S/c1-2-3-5-11(14(21)22)17-12(19)8-10-9-23-15(16-10)18-7-4-6-13(18)20/h9,11H,2-8H2,1H3,(H,17,19)(H,21,22)/t11-/m0/s1. The summed E-state index contributed by atoms with van der Waals surface area (Å²) in [6.07, 6.45) is 3.42. The van der Waals surface area contributed by atoms with Gasteiger partial charge in [0.1, 0.15) is 6.04 Å². The molecule has 1 aromatic rings. The highest BCUT2D eigenvalue weighted by Gasteiger charge is 2.25. The van der Waals surface area contributed by atoms with E-state index in [0.29, 0.717) is 30.2 Å². The number of aromatic nitrogens is 1. The first kappa shape index (κ1) is 17.4. The predicted octanol–water partition coefficient (Wildman–Crippen LogP) is 1.57. The number of anilines is 1. The molecule has 7 nitrogen and oxygen atoms in total. The molecule has 2 heterocycles. The molecule has 0 unspecified atom stereocenters. The highest BCUT2D eigenvalue weighted by Crippen LogP contribution is 2.25. The van der Waals surface area contributed by atoms with Gasteiger partial charge in [-0.25, -0.2) is 9.78 Å².